The highest BCUT2D eigenvalue weighted by Crippen LogP contribution is 2.34. The van der Waals surface area contributed by atoms with Gasteiger partial charge in [0.1, 0.15) is 18.3 Å². The first-order valence-electron chi connectivity index (χ1n) is 13.5. The van der Waals surface area contributed by atoms with Gasteiger partial charge in [0, 0.05) is 18.1 Å². The smallest absolute Gasteiger partial charge is 0.264 e. The van der Waals surface area contributed by atoms with Gasteiger partial charge in [-0.25, -0.2) is 8.42 Å². The fourth-order valence-electron chi connectivity index (χ4n) is 4.25. The number of anilines is 1. The minimum Gasteiger partial charge on any atom is -0.495 e. The number of methoxy groups -OCH3 is 1. The highest BCUT2D eigenvalue weighted by Gasteiger charge is 2.33. The van der Waals surface area contributed by atoms with E-state index in [2.05, 4.69) is 5.32 Å². The molecule has 3 rings (SSSR count). The van der Waals surface area contributed by atoms with Crippen LogP contribution in [0.1, 0.15) is 43.4 Å². The lowest BCUT2D eigenvalue weighted by Gasteiger charge is -2.32. The molecule has 8 nitrogen and oxygen atoms in total. The monoisotopic (exact) mass is 599 g/mol. The van der Waals surface area contributed by atoms with Gasteiger partial charge in [0.2, 0.25) is 11.8 Å². The molecule has 220 valence electrons. The van der Waals surface area contributed by atoms with Crippen molar-refractivity contribution in [3.05, 3.63) is 88.4 Å². The molecule has 0 aliphatic rings. The Balaban J connectivity index is 2.06. The molecule has 10 heteroatoms. The molecule has 0 aromatic heterocycles. The normalized spacial score (nSPS) is 12.0. The minimum absolute atomic E-state index is 0.0362. The summed E-state index contributed by atoms with van der Waals surface area (Å²) in [6.07, 6.45) is 1.71. The molecular weight excluding hydrogens is 562 g/mol. The highest BCUT2D eigenvalue weighted by atomic mass is 35.5. The molecule has 2 amide bonds. The molecule has 1 unspecified atom stereocenters. The molecule has 0 aliphatic heterocycles. The van der Waals surface area contributed by atoms with E-state index in [4.69, 9.17) is 16.3 Å². The summed E-state index contributed by atoms with van der Waals surface area (Å²) >= 11 is 6.06. The third-order valence-electron chi connectivity index (χ3n) is 6.75. The lowest BCUT2D eigenvalue weighted by molar-refractivity contribution is -0.139. The molecule has 0 bridgehead atoms. The molecule has 0 saturated heterocycles. The van der Waals surface area contributed by atoms with Gasteiger partial charge in [0.25, 0.3) is 10.0 Å². The number of aryl methyl sites for hydroxylation is 2. The summed E-state index contributed by atoms with van der Waals surface area (Å²) in [5.41, 5.74) is 2.67. The molecule has 3 aromatic carbocycles. The van der Waals surface area contributed by atoms with E-state index in [1.54, 1.807) is 61.5 Å². The number of sulfonamides is 1. The van der Waals surface area contributed by atoms with Crippen molar-refractivity contribution in [3.8, 4) is 5.75 Å². The van der Waals surface area contributed by atoms with Crippen LogP contribution in [-0.2, 0) is 26.2 Å². The summed E-state index contributed by atoms with van der Waals surface area (Å²) < 4.78 is 34.7. The van der Waals surface area contributed by atoms with Crippen LogP contribution in [0.2, 0.25) is 5.02 Å². The molecule has 0 radical (unpaired) electrons. The summed E-state index contributed by atoms with van der Waals surface area (Å²) in [4.78, 5) is 28.6. The molecule has 0 heterocycles. The number of halogens is 1. The van der Waals surface area contributed by atoms with E-state index in [-0.39, 0.29) is 23.0 Å². The Kier molecular flexibility index (Phi) is 11.2. The second-order valence-corrected chi connectivity index (χ2v) is 12.3. The van der Waals surface area contributed by atoms with E-state index in [1.165, 1.54) is 24.1 Å². The zero-order valence-corrected chi connectivity index (χ0v) is 25.8. The predicted molar refractivity (Wildman–Crippen MR) is 163 cm³/mol. The van der Waals surface area contributed by atoms with Crippen LogP contribution < -0.4 is 14.4 Å². The number of carbonyl (C=O) groups excluding carboxylic acids is 2. The Labute approximate surface area is 248 Å². The van der Waals surface area contributed by atoms with Crippen molar-refractivity contribution < 1.29 is 22.7 Å². The van der Waals surface area contributed by atoms with Crippen molar-refractivity contribution in [2.24, 2.45) is 0 Å². The second kappa shape index (κ2) is 14.4. The van der Waals surface area contributed by atoms with Crippen molar-refractivity contribution in [1.29, 1.82) is 0 Å². The van der Waals surface area contributed by atoms with Gasteiger partial charge in [-0.3, -0.25) is 13.9 Å². The average Bonchev–Trinajstić information content (AvgIpc) is 2.95. The first-order chi connectivity index (χ1) is 19.5. The third-order valence-corrected chi connectivity index (χ3v) is 8.78. The van der Waals surface area contributed by atoms with Gasteiger partial charge >= 0.3 is 0 Å². The summed E-state index contributed by atoms with van der Waals surface area (Å²) in [6.45, 7) is 7.38. The molecule has 0 saturated carbocycles. The second-order valence-electron chi connectivity index (χ2n) is 9.97. The number of amides is 2. The predicted octanol–water partition coefficient (Wildman–Crippen LogP) is 5.49. The van der Waals surface area contributed by atoms with Gasteiger partial charge in [-0.2, -0.15) is 0 Å². The summed E-state index contributed by atoms with van der Waals surface area (Å²) in [5, 5.41) is 3.42. The van der Waals surface area contributed by atoms with E-state index >= 15 is 0 Å². The van der Waals surface area contributed by atoms with Crippen LogP contribution in [0.15, 0.2) is 71.6 Å². The maximum atomic E-state index is 14.1. The summed E-state index contributed by atoms with van der Waals surface area (Å²) in [6, 6.07) is 17.7. The Bertz CT molecular complexity index is 1440. The van der Waals surface area contributed by atoms with Crippen LogP contribution in [0.4, 0.5) is 5.69 Å². The summed E-state index contributed by atoms with van der Waals surface area (Å²) in [7, 11) is -2.76. The minimum atomic E-state index is -4.20. The van der Waals surface area contributed by atoms with E-state index in [1.807, 2.05) is 20.8 Å². The van der Waals surface area contributed by atoms with Gasteiger partial charge in [0.05, 0.1) is 17.7 Å². The molecule has 0 fully saturated rings. The average molecular weight is 600 g/mol. The van der Waals surface area contributed by atoms with E-state index < -0.39 is 28.5 Å². The zero-order valence-electron chi connectivity index (χ0n) is 24.2. The Morgan fingerprint density at radius 3 is 2.22 bits per heavy atom. The SMILES string of the molecule is CCCCNC(=O)C(C)N(Cc1ccc(Cl)cc1)C(=O)CN(c1cc(C)ccc1OC)S(=O)(=O)c1ccc(C)cc1. The largest absolute Gasteiger partial charge is 0.495 e. The van der Waals surface area contributed by atoms with Crippen LogP contribution >= 0.6 is 11.6 Å². The van der Waals surface area contributed by atoms with Crippen LogP contribution in [0.25, 0.3) is 0 Å². The van der Waals surface area contributed by atoms with Crippen LogP contribution in [0.3, 0.4) is 0 Å². The number of nitrogens with zero attached hydrogens (tertiary/aromatic N) is 2. The topological polar surface area (TPSA) is 96.0 Å². The van der Waals surface area contributed by atoms with Crippen molar-refractivity contribution in [3.63, 3.8) is 0 Å². The number of benzene rings is 3. The standard InChI is InChI=1S/C31H38ClN3O5S/c1-6-7-18-33-31(37)24(4)34(20-25-11-13-26(32)14-12-25)30(36)21-35(28-19-23(3)10-17-29(28)40-5)41(38,39)27-15-8-22(2)9-16-27/h8-17,19,24H,6-7,18,20-21H2,1-5H3,(H,33,37). The molecule has 41 heavy (non-hydrogen) atoms. The van der Waals surface area contributed by atoms with Crippen LogP contribution in [0, 0.1) is 13.8 Å². The number of hydrogen-bond acceptors (Lipinski definition) is 5. The molecule has 0 spiro atoms. The van der Waals surface area contributed by atoms with E-state index in [9.17, 15) is 18.0 Å². The quantitative estimate of drug-likeness (QED) is 0.262. The number of ether oxygens (including phenoxy) is 1. The Hall–Kier alpha value is -3.56. The lowest BCUT2D eigenvalue weighted by Crippen LogP contribution is -2.51. The van der Waals surface area contributed by atoms with Crippen molar-refractivity contribution in [2.45, 2.75) is 58.0 Å². The summed E-state index contributed by atoms with van der Waals surface area (Å²) in [5.74, 6) is -0.562. The Morgan fingerprint density at radius 2 is 1.61 bits per heavy atom. The van der Waals surface area contributed by atoms with Gasteiger partial charge in [-0.1, -0.05) is 60.8 Å². The zero-order chi connectivity index (χ0) is 30.2. The Morgan fingerprint density at radius 1 is 0.976 bits per heavy atom. The number of nitrogens with one attached hydrogen (secondary N) is 1. The number of carbonyl (C=O) groups is 2. The first kappa shape index (κ1) is 32.0. The fraction of sp³-hybridized carbons (Fsp3) is 0.355. The van der Waals surface area contributed by atoms with Crippen molar-refractivity contribution in [1.82, 2.24) is 10.2 Å². The van der Waals surface area contributed by atoms with E-state index in [0.29, 0.717) is 17.3 Å². The molecular formula is C31H38ClN3O5S. The third kappa shape index (κ3) is 8.24. The molecule has 0 aliphatic carbocycles. The maximum Gasteiger partial charge on any atom is 0.264 e. The molecule has 1 atom stereocenters. The molecule has 3 aromatic rings. The van der Waals surface area contributed by atoms with Crippen molar-refractivity contribution >= 4 is 39.1 Å². The van der Waals surface area contributed by atoms with Gasteiger partial charge in [-0.15, -0.1) is 0 Å². The van der Waals surface area contributed by atoms with Crippen LogP contribution in [-0.4, -0.2) is 51.4 Å². The van der Waals surface area contributed by atoms with Gasteiger partial charge < -0.3 is 15.0 Å². The van der Waals surface area contributed by atoms with E-state index in [0.717, 1.165) is 33.8 Å². The van der Waals surface area contributed by atoms with Crippen LogP contribution in [0.5, 0.6) is 5.75 Å². The highest BCUT2D eigenvalue weighted by molar-refractivity contribution is 7.92. The fourth-order valence-corrected chi connectivity index (χ4v) is 5.79. The first-order valence-corrected chi connectivity index (χ1v) is 15.4. The maximum absolute atomic E-state index is 14.1. The number of rotatable bonds is 13. The lowest BCUT2D eigenvalue weighted by atomic mass is 10.1. The van der Waals surface area contributed by atoms with Gasteiger partial charge in [0.15, 0.2) is 0 Å². The number of unbranched alkanes of at least 4 members (excludes halogenated alkanes) is 1. The van der Waals surface area contributed by atoms with Crippen molar-refractivity contribution in [2.75, 3.05) is 24.5 Å². The number of hydrogen-bond donors (Lipinski definition) is 1. The van der Waals surface area contributed by atoms with Gasteiger partial charge in [-0.05, 0) is 74.7 Å². The molecule has 1 N–H and O–H groups in total.